The number of carbonyl (C=O) groups excluding carboxylic acids is 1. The molecule has 134 valence electrons. The molecule has 1 aliphatic heterocycles. The van der Waals surface area contributed by atoms with Crippen LogP contribution in [0.25, 0.3) is 5.65 Å². The van der Waals surface area contributed by atoms with Crippen molar-refractivity contribution in [1.82, 2.24) is 19.9 Å². The van der Waals surface area contributed by atoms with Gasteiger partial charge in [-0.3, -0.25) is 9.20 Å². The number of hydrogen-bond acceptors (Lipinski definition) is 4. The van der Waals surface area contributed by atoms with Gasteiger partial charge in [0, 0.05) is 25.8 Å². The van der Waals surface area contributed by atoms with Crippen LogP contribution in [0.1, 0.15) is 18.4 Å². The quantitative estimate of drug-likeness (QED) is 0.782. The Bertz CT molecular complexity index is 908. The van der Waals surface area contributed by atoms with Crippen molar-refractivity contribution in [2.75, 3.05) is 18.0 Å². The Morgan fingerprint density at radius 2 is 2.04 bits per heavy atom. The molecule has 1 aromatic carbocycles. The van der Waals surface area contributed by atoms with E-state index in [0.717, 1.165) is 36.5 Å². The molecule has 1 N–H and O–H groups in total. The molecule has 0 bridgehead atoms. The van der Waals surface area contributed by atoms with E-state index in [4.69, 9.17) is 0 Å². The minimum absolute atomic E-state index is 0.0212. The number of amides is 1. The molecule has 6 nitrogen and oxygen atoms in total. The molecule has 1 unspecified atom stereocenters. The number of benzene rings is 1. The van der Waals surface area contributed by atoms with Gasteiger partial charge in [0.05, 0.1) is 5.92 Å². The van der Waals surface area contributed by atoms with Gasteiger partial charge in [0.15, 0.2) is 5.65 Å². The molecule has 4 rings (SSSR count). The third-order valence-corrected chi connectivity index (χ3v) is 4.75. The molecule has 1 atom stereocenters. The molecule has 1 aliphatic rings. The smallest absolute Gasteiger partial charge is 0.231 e. The van der Waals surface area contributed by atoms with Gasteiger partial charge < -0.3 is 10.2 Å². The van der Waals surface area contributed by atoms with Gasteiger partial charge in [-0.15, -0.1) is 10.2 Å². The molecule has 26 heavy (non-hydrogen) atoms. The van der Waals surface area contributed by atoms with Crippen molar-refractivity contribution in [1.29, 1.82) is 0 Å². The molecular weight excluding hydrogens is 333 g/mol. The van der Waals surface area contributed by atoms with Crippen molar-refractivity contribution in [2.45, 2.75) is 19.4 Å². The summed E-state index contributed by atoms with van der Waals surface area (Å²) in [4.78, 5) is 14.7. The Kier molecular flexibility index (Phi) is 4.51. The highest BCUT2D eigenvalue weighted by molar-refractivity contribution is 5.79. The average molecular weight is 353 g/mol. The largest absolute Gasteiger partial charge is 0.352 e. The van der Waals surface area contributed by atoms with Crippen LogP contribution in [0.5, 0.6) is 0 Å². The van der Waals surface area contributed by atoms with E-state index in [1.54, 1.807) is 12.1 Å². The van der Waals surface area contributed by atoms with Crippen LogP contribution in [0.2, 0.25) is 0 Å². The first kappa shape index (κ1) is 16.5. The van der Waals surface area contributed by atoms with Gasteiger partial charge >= 0.3 is 0 Å². The summed E-state index contributed by atoms with van der Waals surface area (Å²) < 4.78 is 14.9. The number of rotatable bonds is 4. The summed E-state index contributed by atoms with van der Waals surface area (Å²) in [5.74, 6) is 0.424. The normalized spacial score (nSPS) is 17.4. The van der Waals surface area contributed by atoms with Crippen molar-refractivity contribution in [3.8, 4) is 0 Å². The maximum atomic E-state index is 13.0. The number of hydrogen-bond donors (Lipinski definition) is 1. The molecule has 3 aromatic rings. The van der Waals surface area contributed by atoms with Crippen LogP contribution in [-0.4, -0.2) is 33.6 Å². The first-order chi connectivity index (χ1) is 12.7. The van der Waals surface area contributed by atoms with E-state index in [9.17, 15) is 9.18 Å². The molecule has 3 heterocycles. The molecule has 0 spiro atoms. The summed E-state index contributed by atoms with van der Waals surface area (Å²) in [6.45, 7) is 1.88. The van der Waals surface area contributed by atoms with E-state index in [-0.39, 0.29) is 17.6 Å². The van der Waals surface area contributed by atoms with E-state index in [2.05, 4.69) is 20.4 Å². The van der Waals surface area contributed by atoms with Crippen LogP contribution in [0.15, 0.2) is 48.7 Å². The molecule has 0 saturated carbocycles. The highest BCUT2D eigenvalue weighted by Gasteiger charge is 2.27. The summed E-state index contributed by atoms with van der Waals surface area (Å²) in [6.07, 6.45) is 3.71. The fourth-order valence-corrected chi connectivity index (χ4v) is 3.35. The number of nitrogens with zero attached hydrogens (tertiary/aromatic N) is 4. The molecule has 7 heteroatoms. The number of nitrogens with one attached hydrogen (secondary N) is 1. The van der Waals surface area contributed by atoms with Crippen LogP contribution < -0.4 is 10.2 Å². The van der Waals surface area contributed by atoms with Crippen LogP contribution in [0, 0.1) is 11.7 Å². The van der Waals surface area contributed by atoms with Crippen LogP contribution in [-0.2, 0) is 11.3 Å². The Balaban J connectivity index is 1.41. The third kappa shape index (κ3) is 3.37. The highest BCUT2D eigenvalue weighted by Crippen LogP contribution is 2.22. The van der Waals surface area contributed by atoms with E-state index in [1.807, 2.05) is 28.8 Å². The highest BCUT2D eigenvalue weighted by atomic mass is 19.1. The Morgan fingerprint density at radius 3 is 2.88 bits per heavy atom. The second-order valence-corrected chi connectivity index (χ2v) is 6.56. The van der Waals surface area contributed by atoms with Crippen molar-refractivity contribution >= 4 is 17.5 Å². The van der Waals surface area contributed by atoms with E-state index in [1.165, 1.54) is 12.1 Å². The van der Waals surface area contributed by atoms with E-state index in [0.29, 0.717) is 13.1 Å². The molecule has 2 aromatic heterocycles. The van der Waals surface area contributed by atoms with Crippen molar-refractivity contribution in [3.05, 3.63) is 60.0 Å². The lowest BCUT2D eigenvalue weighted by molar-refractivity contribution is -0.125. The zero-order chi connectivity index (χ0) is 17.9. The molecule has 1 amide bonds. The SMILES string of the molecule is O=C(NCc1ccc(F)cc1)C1CCCN(c2nnc3ccccn23)C1. The Morgan fingerprint density at radius 1 is 1.19 bits per heavy atom. The monoisotopic (exact) mass is 353 g/mol. The maximum absolute atomic E-state index is 13.0. The van der Waals surface area contributed by atoms with E-state index < -0.39 is 0 Å². The zero-order valence-corrected chi connectivity index (χ0v) is 14.3. The fraction of sp³-hybridized carbons (Fsp3) is 0.316. The van der Waals surface area contributed by atoms with Gasteiger partial charge in [-0.25, -0.2) is 4.39 Å². The summed E-state index contributed by atoms with van der Waals surface area (Å²) in [5.41, 5.74) is 1.68. The lowest BCUT2D eigenvalue weighted by Gasteiger charge is -2.32. The lowest BCUT2D eigenvalue weighted by atomic mass is 9.97. The second kappa shape index (κ2) is 7.11. The van der Waals surface area contributed by atoms with Gasteiger partial charge in [0.25, 0.3) is 0 Å². The van der Waals surface area contributed by atoms with Gasteiger partial charge in [-0.2, -0.15) is 0 Å². The number of pyridine rings is 1. The number of carbonyl (C=O) groups is 1. The average Bonchev–Trinajstić information content (AvgIpc) is 3.11. The van der Waals surface area contributed by atoms with Crippen molar-refractivity contribution in [3.63, 3.8) is 0 Å². The standard InChI is InChI=1S/C19H20FN5O/c20-16-8-6-14(7-9-16)12-21-18(26)15-4-3-10-24(13-15)19-23-22-17-5-1-2-11-25(17)19/h1-2,5-9,11,15H,3-4,10,12-13H2,(H,21,26). The van der Waals surface area contributed by atoms with Crippen LogP contribution in [0.3, 0.4) is 0 Å². The predicted molar refractivity (Wildman–Crippen MR) is 96.2 cm³/mol. The molecule has 1 saturated heterocycles. The fourth-order valence-electron chi connectivity index (χ4n) is 3.35. The summed E-state index contributed by atoms with van der Waals surface area (Å²) >= 11 is 0. The number of aromatic nitrogens is 3. The second-order valence-electron chi connectivity index (χ2n) is 6.56. The minimum Gasteiger partial charge on any atom is -0.352 e. The van der Waals surface area contributed by atoms with Gasteiger partial charge in [0.2, 0.25) is 11.9 Å². The number of piperidine rings is 1. The summed E-state index contributed by atoms with van der Waals surface area (Å²) in [5, 5.41) is 11.4. The predicted octanol–water partition coefficient (Wildman–Crippen LogP) is 2.40. The molecular formula is C19H20FN5O. The Labute approximate surface area is 150 Å². The number of halogens is 1. The van der Waals surface area contributed by atoms with Crippen LogP contribution in [0.4, 0.5) is 10.3 Å². The topological polar surface area (TPSA) is 62.5 Å². The van der Waals surface area contributed by atoms with Gasteiger partial charge in [0.1, 0.15) is 5.82 Å². The van der Waals surface area contributed by atoms with E-state index >= 15 is 0 Å². The Hall–Kier alpha value is -2.96. The molecule has 0 radical (unpaired) electrons. The van der Waals surface area contributed by atoms with Crippen molar-refractivity contribution < 1.29 is 9.18 Å². The molecule has 1 fully saturated rings. The first-order valence-electron chi connectivity index (χ1n) is 8.77. The zero-order valence-electron chi connectivity index (χ0n) is 14.3. The van der Waals surface area contributed by atoms with Gasteiger partial charge in [-0.05, 0) is 42.7 Å². The first-order valence-corrected chi connectivity index (χ1v) is 8.77. The van der Waals surface area contributed by atoms with Gasteiger partial charge in [-0.1, -0.05) is 18.2 Å². The maximum Gasteiger partial charge on any atom is 0.231 e. The summed E-state index contributed by atoms with van der Waals surface area (Å²) in [7, 11) is 0. The third-order valence-electron chi connectivity index (χ3n) is 4.75. The number of anilines is 1. The summed E-state index contributed by atoms with van der Waals surface area (Å²) in [6, 6.07) is 12.0. The number of fused-ring (bicyclic) bond motifs is 1. The van der Waals surface area contributed by atoms with Crippen LogP contribution >= 0.6 is 0 Å². The lowest BCUT2D eigenvalue weighted by Crippen LogP contribution is -2.43. The minimum atomic E-state index is -0.275. The van der Waals surface area contributed by atoms with Crippen molar-refractivity contribution in [2.24, 2.45) is 5.92 Å². The molecule has 0 aliphatic carbocycles.